The monoisotopic (exact) mass is 487 g/mol. The summed E-state index contributed by atoms with van der Waals surface area (Å²) in [7, 11) is 0. The van der Waals surface area contributed by atoms with Gasteiger partial charge in [0.1, 0.15) is 0 Å². The minimum atomic E-state index is -0.285. The summed E-state index contributed by atoms with van der Waals surface area (Å²) in [4.78, 5) is 56.3. The van der Waals surface area contributed by atoms with Crippen LogP contribution in [0.4, 0.5) is 5.13 Å². The van der Waals surface area contributed by atoms with E-state index < -0.39 is 0 Å². The van der Waals surface area contributed by atoms with Gasteiger partial charge in [0, 0.05) is 42.4 Å². The van der Waals surface area contributed by atoms with Crippen LogP contribution in [-0.4, -0.2) is 39.9 Å². The average Bonchev–Trinajstić information content (AvgIpc) is 3.42. The molecule has 2 heterocycles. The highest BCUT2D eigenvalue weighted by Gasteiger charge is 2.34. The highest BCUT2D eigenvalue weighted by Crippen LogP contribution is 2.25. The molecule has 8 heteroatoms. The molecular weight excluding hydrogens is 462 g/mol. The fraction of sp³-hybridized carbons (Fsp3) is 0.296. The summed E-state index contributed by atoms with van der Waals surface area (Å²) < 4.78 is 0. The molecule has 0 radical (unpaired) electrons. The van der Waals surface area contributed by atoms with Crippen LogP contribution in [0.5, 0.6) is 0 Å². The fourth-order valence-electron chi connectivity index (χ4n) is 4.61. The van der Waals surface area contributed by atoms with Gasteiger partial charge < -0.3 is 5.32 Å². The number of hydrogen-bond donors (Lipinski definition) is 1. The minimum absolute atomic E-state index is 0.0331. The van der Waals surface area contributed by atoms with Gasteiger partial charge in [0.05, 0.1) is 11.1 Å². The number of nitrogens with zero attached hydrogens (tertiary/aromatic N) is 2. The van der Waals surface area contributed by atoms with Crippen LogP contribution in [0.3, 0.4) is 0 Å². The highest BCUT2D eigenvalue weighted by molar-refractivity contribution is 7.15. The number of hydrogen-bond acceptors (Lipinski definition) is 6. The molecule has 35 heavy (non-hydrogen) atoms. The Hall–Kier alpha value is -3.65. The van der Waals surface area contributed by atoms with E-state index in [-0.39, 0.29) is 42.9 Å². The number of ketones is 1. The first kappa shape index (κ1) is 23.1. The van der Waals surface area contributed by atoms with Crippen LogP contribution in [0.1, 0.15) is 72.8 Å². The zero-order chi connectivity index (χ0) is 24.4. The van der Waals surface area contributed by atoms with Gasteiger partial charge in [-0.15, -0.1) is 11.3 Å². The Morgan fingerprint density at radius 2 is 1.66 bits per heavy atom. The molecule has 0 fully saturated rings. The zero-order valence-corrected chi connectivity index (χ0v) is 20.0. The number of aromatic nitrogens is 1. The number of carbonyl (C=O) groups is 4. The van der Waals surface area contributed by atoms with Crippen LogP contribution in [0.15, 0.2) is 48.7 Å². The lowest BCUT2D eigenvalue weighted by Crippen LogP contribution is -2.31. The van der Waals surface area contributed by atoms with Gasteiger partial charge in [0.25, 0.3) is 11.8 Å². The topological polar surface area (TPSA) is 96.4 Å². The second-order valence-electron chi connectivity index (χ2n) is 8.85. The third kappa shape index (κ3) is 4.93. The van der Waals surface area contributed by atoms with Crippen molar-refractivity contribution >= 4 is 40.0 Å². The highest BCUT2D eigenvalue weighted by atomic mass is 32.1. The third-order valence-corrected chi connectivity index (χ3v) is 7.48. The molecule has 3 amide bonds. The summed E-state index contributed by atoms with van der Waals surface area (Å²) in [6, 6.07) is 12.7. The molecule has 2 aliphatic rings. The molecule has 5 rings (SSSR count). The van der Waals surface area contributed by atoms with Crippen molar-refractivity contribution in [2.75, 3.05) is 11.9 Å². The zero-order valence-electron chi connectivity index (χ0n) is 19.2. The van der Waals surface area contributed by atoms with Gasteiger partial charge in [-0.3, -0.25) is 24.1 Å². The molecule has 0 spiro atoms. The Morgan fingerprint density at radius 1 is 0.943 bits per heavy atom. The van der Waals surface area contributed by atoms with Crippen molar-refractivity contribution in [2.24, 2.45) is 0 Å². The maximum Gasteiger partial charge on any atom is 0.261 e. The smallest absolute Gasteiger partial charge is 0.261 e. The van der Waals surface area contributed by atoms with Crippen molar-refractivity contribution < 1.29 is 19.2 Å². The van der Waals surface area contributed by atoms with Crippen molar-refractivity contribution in [3.63, 3.8) is 0 Å². The van der Waals surface area contributed by atoms with E-state index in [1.165, 1.54) is 33.8 Å². The van der Waals surface area contributed by atoms with E-state index in [1.807, 2.05) is 18.2 Å². The van der Waals surface area contributed by atoms with Gasteiger partial charge in [-0.1, -0.05) is 24.3 Å². The number of benzene rings is 2. The number of nitrogens with one attached hydrogen (secondary N) is 1. The Labute approximate surface area is 207 Å². The molecular formula is C27H25N3O4S. The van der Waals surface area contributed by atoms with Gasteiger partial charge in [-0.05, 0) is 55.0 Å². The largest absolute Gasteiger partial charge is 0.302 e. The van der Waals surface area contributed by atoms with E-state index in [0.29, 0.717) is 28.2 Å². The number of anilines is 1. The molecule has 0 saturated carbocycles. The summed E-state index contributed by atoms with van der Waals surface area (Å²) in [6.07, 6.45) is 6.74. The Balaban J connectivity index is 1.11. The van der Waals surface area contributed by atoms with Crippen molar-refractivity contribution in [2.45, 2.75) is 44.9 Å². The number of imide groups is 1. The van der Waals surface area contributed by atoms with Gasteiger partial charge in [0.15, 0.2) is 10.9 Å². The molecule has 0 saturated heterocycles. The molecule has 0 atom stereocenters. The van der Waals surface area contributed by atoms with Crippen LogP contribution in [0.2, 0.25) is 0 Å². The van der Waals surface area contributed by atoms with E-state index in [1.54, 1.807) is 30.5 Å². The van der Waals surface area contributed by atoms with E-state index in [9.17, 15) is 19.2 Å². The summed E-state index contributed by atoms with van der Waals surface area (Å²) in [5.41, 5.74) is 4.11. The number of fused-ring (bicyclic) bond motifs is 2. The van der Waals surface area contributed by atoms with Crippen LogP contribution in [0.25, 0.3) is 0 Å². The molecule has 178 valence electrons. The normalized spacial score (nSPS) is 14.6. The van der Waals surface area contributed by atoms with Crippen LogP contribution < -0.4 is 5.32 Å². The lowest BCUT2D eigenvalue weighted by atomic mass is 9.89. The van der Waals surface area contributed by atoms with E-state index in [4.69, 9.17) is 0 Å². The Kier molecular flexibility index (Phi) is 6.55. The van der Waals surface area contributed by atoms with Crippen molar-refractivity contribution in [1.82, 2.24) is 9.88 Å². The average molecular weight is 488 g/mol. The minimum Gasteiger partial charge on any atom is -0.302 e. The summed E-state index contributed by atoms with van der Waals surface area (Å²) in [6.45, 7) is 0.247. The first-order valence-corrected chi connectivity index (χ1v) is 12.7. The molecule has 3 aromatic rings. The summed E-state index contributed by atoms with van der Waals surface area (Å²) in [5.74, 6) is -0.869. The van der Waals surface area contributed by atoms with Gasteiger partial charge >= 0.3 is 0 Å². The molecule has 2 aromatic carbocycles. The number of Topliss-reactive ketones (excluding diaryl/α,β-unsaturated/α-hetero) is 1. The Morgan fingerprint density at radius 3 is 2.40 bits per heavy atom. The van der Waals surface area contributed by atoms with Crippen molar-refractivity contribution in [1.29, 1.82) is 0 Å². The summed E-state index contributed by atoms with van der Waals surface area (Å²) >= 11 is 1.30. The first-order valence-electron chi connectivity index (χ1n) is 11.8. The van der Waals surface area contributed by atoms with E-state index in [0.717, 1.165) is 24.1 Å². The van der Waals surface area contributed by atoms with Crippen LogP contribution >= 0.6 is 11.3 Å². The number of amides is 3. The maximum atomic E-state index is 12.6. The molecule has 1 aromatic heterocycles. The van der Waals surface area contributed by atoms with Crippen LogP contribution in [-0.2, 0) is 24.1 Å². The number of rotatable bonds is 8. The summed E-state index contributed by atoms with van der Waals surface area (Å²) in [5, 5.41) is 3.19. The van der Waals surface area contributed by atoms with Gasteiger partial charge in [-0.25, -0.2) is 4.98 Å². The number of aryl methyl sites for hydroxylation is 2. The fourth-order valence-corrected chi connectivity index (χ4v) is 5.42. The second-order valence-corrected chi connectivity index (χ2v) is 9.97. The van der Waals surface area contributed by atoms with Crippen molar-refractivity contribution in [3.05, 3.63) is 81.4 Å². The molecule has 7 nitrogen and oxygen atoms in total. The van der Waals surface area contributed by atoms with Gasteiger partial charge in [0.2, 0.25) is 5.91 Å². The molecule has 0 unspecified atom stereocenters. The lowest BCUT2D eigenvalue weighted by Gasteiger charge is -2.16. The quantitative estimate of drug-likeness (QED) is 0.374. The lowest BCUT2D eigenvalue weighted by molar-refractivity contribution is -0.116. The molecule has 1 aliphatic carbocycles. The predicted molar refractivity (Wildman–Crippen MR) is 133 cm³/mol. The van der Waals surface area contributed by atoms with E-state index >= 15 is 0 Å². The second kappa shape index (κ2) is 9.92. The number of carbonyl (C=O) groups excluding carboxylic acids is 4. The van der Waals surface area contributed by atoms with E-state index in [2.05, 4.69) is 10.3 Å². The third-order valence-electron chi connectivity index (χ3n) is 6.51. The SMILES string of the molecule is O=C(CCC(=O)c1ccc2c(c1)CCCC2)Nc1ncc(CCN2C(=O)c3ccccc3C2=O)s1. The molecule has 0 bridgehead atoms. The number of thiazole rings is 1. The Bertz CT molecular complexity index is 1290. The predicted octanol–water partition coefficient (Wildman–Crippen LogP) is 4.46. The van der Waals surface area contributed by atoms with Crippen molar-refractivity contribution in [3.8, 4) is 0 Å². The standard InChI is InChI=1S/C27H25N3O4S/c31-23(19-10-9-17-5-1-2-6-18(17)15-19)11-12-24(32)29-27-28-16-20(35-27)13-14-30-25(33)21-7-3-4-8-22(21)26(30)34/h3-4,7-10,15-16H,1-2,5-6,11-14H2,(H,28,29,32). The van der Waals surface area contributed by atoms with Gasteiger partial charge in [-0.2, -0.15) is 0 Å². The first-order chi connectivity index (χ1) is 17.0. The maximum absolute atomic E-state index is 12.6. The molecule has 1 aliphatic heterocycles. The van der Waals surface area contributed by atoms with Crippen LogP contribution in [0, 0.1) is 0 Å². The molecule has 1 N–H and O–H groups in total.